The van der Waals surface area contributed by atoms with Crippen LogP contribution in [0.25, 0.3) is 0 Å². The van der Waals surface area contributed by atoms with Crippen molar-refractivity contribution < 1.29 is 29.3 Å². The number of para-hydroxylation sites is 1. The number of allylic oxidation sites excluding steroid dienone is 1. The summed E-state index contributed by atoms with van der Waals surface area (Å²) in [5.74, 6) is -3.55. The number of piperidine rings is 1. The smallest absolute Gasteiger partial charge is 0.334 e. The van der Waals surface area contributed by atoms with E-state index in [2.05, 4.69) is 22.2 Å². The minimum Gasteiger partial charge on any atom is -0.496 e. The molecule has 10 nitrogen and oxygen atoms in total. The molecule has 2 fully saturated rings. The molecule has 3 aliphatic rings. The first-order valence-electron chi connectivity index (χ1n) is 15.5. The Morgan fingerprint density at radius 2 is 1.46 bits per heavy atom. The zero-order valence-corrected chi connectivity index (χ0v) is 27.6. The van der Waals surface area contributed by atoms with Gasteiger partial charge in [0.1, 0.15) is 5.75 Å². The maximum absolute atomic E-state index is 13.8. The SMILES string of the molecule is COc1ccccc1CCC1=C(C(=O)O)C(c2c(Cl)cccc2Cl)C(C(=O)O)=C(CC(=O)N2CCN(C3CCN(C)CC3)CC2)N1. The minimum absolute atomic E-state index is 0.135. The van der Waals surface area contributed by atoms with E-state index in [1.165, 1.54) is 0 Å². The number of methoxy groups -OCH3 is 1. The van der Waals surface area contributed by atoms with Crippen molar-refractivity contribution in [3.8, 4) is 5.75 Å². The van der Waals surface area contributed by atoms with Gasteiger partial charge in [0.05, 0.1) is 30.6 Å². The van der Waals surface area contributed by atoms with E-state index in [1.807, 2.05) is 24.3 Å². The lowest BCUT2D eigenvalue weighted by Crippen LogP contribution is -2.54. The number of benzene rings is 2. The number of hydrogen-bond donors (Lipinski definition) is 3. The van der Waals surface area contributed by atoms with Gasteiger partial charge in [-0.15, -0.1) is 0 Å². The van der Waals surface area contributed by atoms with Gasteiger partial charge in [0.15, 0.2) is 0 Å². The van der Waals surface area contributed by atoms with Gasteiger partial charge in [-0.2, -0.15) is 0 Å². The molecule has 0 radical (unpaired) electrons. The molecule has 1 atom stereocenters. The van der Waals surface area contributed by atoms with Crippen molar-refractivity contribution in [2.24, 2.45) is 0 Å². The molecule has 0 saturated carbocycles. The number of hydrogen-bond acceptors (Lipinski definition) is 7. The second kappa shape index (κ2) is 14.9. The van der Waals surface area contributed by atoms with Crippen molar-refractivity contribution in [3.63, 3.8) is 0 Å². The van der Waals surface area contributed by atoms with E-state index < -0.39 is 17.9 Å². The second-order valence-electron chi connectivity index (χ2n) is 12.0. The molecule has 0 bridgehead atoms. The summed E-state index contributed by atoms with van der Waals surface area (Å²) in [6, 6.07) is 12.6. The van der Waals surface area contributed by atoms with Crippen LogP contribution in [-0.4, -0.2) is 102 Å². The standard InChI is InChI=1S/C34H40Cl2N4O6/c1-38-14-12-22(13-15-38)39-16-18-40(19-17-39)28(41)20-26-31(34(44)45)32(29-23(35)7-5-8-24(29)36)30(33(42)43)25(37-26)11-10-21-6-3-4-9-27(21)46-2/h3-9,22,32,37H,10-20H2,1-2H3,(H,42,43)(H,44,45). The van der Waals surface area contributed by atoms with Crippen molar-refractivity contribution in [2.75, 3.05) is 53.4 Å². The summed E-state index contributed by atoms with van der Waals surface area (Å²) in [4.78, 5) is 46.2. The minimum atomic E-state index is -1.36. The first-order valence-corrected chi connectivity index (χ1v) is 16.3. The normalized spacial score (nSPS) is 20.1. The van der Waals surface area contributed by atoms with Crippen LogP contribution in [0.4, 0.5) is 0 Å². The average Bonchev–Trinajstić information content (AvgIpc) is 3.03. The van der Waals surface area contributed by atoms with Crippen LogP contribution in [0.3, 0.4) is 0 Å². The van der Waals surface area contributed by atoms with Crippen molar-refractivity contribution in [1.29, 1.82) is 0 Å². The fraction of sp³-hybridized carbons (Fsp3) is 0.441. The molecule has 1 unspecified atom stereocenters. The molecular weight excluding hydrogens is 631 g/mol. The summed E-state index contributed by atoms with van der Waals surface area (Å²) < 4.78 is 5.49. The molecule has 0 aliphatic carbocycles. The molecule has 0 aromatic heterocycles. The van der Waals surface area contributed by atoms with E-state index in [0.29, 0.717) is 37.0 Å². The van der Waals surface area contributed by atoms with Gasteiger partial charge in [0.25, 0.3) is 0 Å². The zero-order valence-electron chi connectivity index (χ0n) is 26.1. The van der Waals surface area contributed by atoms with Crippen molar-refractivity contribution >= 4 is 41.0 Å². The number of halogens is 2. The second-order valence-corrected chi connectivity index (χ2v) is 12.8. The predicted molar refractivity (Wildman–Crippen MR) is 176 cm³/mol. The Labute approximate surface area is 279 Å². The topological polar surface area (TPSA) is 123 Å². The predicted octanol–water partition coefficient (Wildman–Crippen LogP) is 4.63. The number of carbonyl (C=O) groups is 3. The summed E-state index contributed by atoms with van der Waals surface area (Å²) >= 11 is 13.2. The molecular formula is C34H40Cl2N4O6. The number of amides is 1. The number of carbonyl (C=O) groups excluding carboxylic acids is 1. The number of carboxylic acid groups (broad SMARTS) is 2. The maximum atomic E-state index is 13.8. The fourth-order valence-electron chi connectivity index (χ4n) is 6.86. The Hall–Kier alpha value is -3.57. The van der Waals surface area contributed by atoms with Crippen LogP contribution in [0.1, 0.15) is 42.7 Å². The van der Waals surface area contributed by atoms with E-state index in [1.54, 1.807) is 30.2 Å². The molecule has 246 valence electrons. The quantitative estimate of drug-likeness (QED) is 0.332. The van der Waals surface area contributed by atoms with Crippen molar-refractivity contribution in [2.45, 2.75) is 44.1 Å². The van der Waals surface area contributed by atoms with E-state index >= 15 is 0 Å². The van der Waals surface area contributed by atoms with Gasteiger partial charge in [-0.3, -0.25) is 9.69 Å². The third-order valence-corrected chi connectivity index (χ3v) is 9.97. The summed E-state index contributed by atoms with van der Waals surface area (Å²) in [7, 11) is 3.70. The van der Waals surface area contributed by atoms with Gasteiger partial charge < -0.3 is 30.1 Å². The van der Waals surface area contributed by atoms with Crippen LogP contribution in [0.15, 0.2) is 65.0 Å². The number of nitrogens with one attached hydrogen (secondary N) is 1. The summed E-state index contributed by atoms with van der Waals surface area (Å²) in [5, 5.41) is 24.5. The van der Waals surface area contributed by atoms with Crippen LogP contribution in [0.5, 0.6) is 5.75 Å². The lowest BCUT2D eigenvalue weighted by atomic mass is 9.78. The van der Waals surface area contributed by atoms with E-state index in [0.717, 1.165) is 44.6 Å². The lowest BCUT2D eigenvalue weighted by molar-refractivity contribution is -0.133. The average molecular weight is 672 g/mol. The van der Waals surface area contributed by atoms with Crippen LogP contribution < -0.4 is 10.1 Å². The monoisotopic (exact) mass is 670 g/mol. The number of rotatable bonds is 10. The third-order valence-electron chi connectivity index (χ3n) is 9.31. The van der Waals surface area contributed by atoms with Crippen LogP contribution in [0, 0.1) is 0 Å². The molecule has 5 rings (SSSR count). The molecule has 0 spiro atoms. The summed E-state index contributed by atoms with van der Waals surface area (Å²) in [6.45, 7) is 4.70. The van der Waals surface area contributed by atoms with Gasteiger partial charge in [-0.05, 0) is 69.6 Å². The Morgan fingerprint density at radius 1 is 0.848 bits per heavy atom. The highest BCUT2D eigenvalue weighted by Gasteiger charge is 2.41. The van der Waals surface area contributed by atoms with Crippen molar-refractivity contribution in [3.05, 3.63) is 86.2 Å². The maximum Gasteiger partial charge on any atom is 0.334 e. The molecule has 2 aromatic carbocycles. The first-order chi connectivity index (χ1) is 22.1. The van der Waals surface area contributed by atoms with Crippen LogP contribution >= 0.6 is 23.2 Å². The van der Waals surface area contributed by atoms with Crippen LogP contribution in [-0.2, 0) is 20.8 Å². The van der Waals surface area contributed by atoms with Gasteiger partial charge >= 0.3 is 11.9 Å². The zero-order chi connectivity index (χ0) is 33.0. The number of carboxylic acids is 2. The summed E-state index contributed by atoms with van der Waals surface area (Å²) in [6.07, 6.45) is 2.57. The van der Waals surface area contributed by atoms with E-state index in [4.69, 9.17) is 27.9 Å². The number of aliphatic carboxylic acids is 2. The Balaban J connectivity index is 1.46. The number of piperazine rings is 1. The largest absolute Gasteiger partial charge is 0.496 e. The van der Waals surface area contributed by atoms with Gasteiger partial charge in [-0.1, -0.05) is 47.5 Å². The lowest BCUT2D eigenvalue weighted by Gasteiger charge is -2.42. The molecule has 2 saturated heterocycles. The number of ether oxygens (including phenoxy) is 1. The Kier molecular flexibility index (Phi) is 10.9. The molecule has 2 aromatic rings. The van der Waals surface area contributed by atoms with Crippen molar-refractivity contribution in [1.82, 2.24) is 20.0 Å². The summed E-state index contributed by atoms with van der Waals surface area (Å²) in [5.41, 5.74) is 1.02. The Bertz CT molecular complexity index is 1520. The van der Waals surface area contributed by atoms with Gasteiger partial charge in [-0.25, -0.2) is 9.59 Å². The van der Waals surface area contributed by atoms with E-state index in [9.17, 15) is 24.6 Å². The molecule has 3 heterocycles. The molecule has 12 heteroatoms. The number of nitrogens with zero attached hydrogens (tertiary/aromatic N) is 3. The molecule has 3 aliphatic heterocycles. The van der Waals surface area contributed by atoms with E-state index in [-0.39, 0.29) is 51.2 Å². The highest BCUT2D eigenvalue weighted by Crippen LogP contribution is 2.45. The fourth-order valence-corrected chi connectivity index (χ4v) is 7.47. The highest BCUT2D eigenvalue weighted by atomic mass is 35.5. The molecule has 3 N–H and O–H groups in total. The number of likely N-dealkylation sites (tertiary alicyclic amines) is 1. The van der Waals surface area contributed by atoms with Crippen LogP contribution in [0.2, 0.25) is 10.0 Å². The number of dihydropyridines is 1. The molecule has 46 heavy (non-hydrogen) atoms. The first kappa shape index (κ1) is 33.8. The highest BCUT2D eigenvalue weighted by molar-refractivity contribution is 6.36. The Morgan fingerprint density at radius 3 is 2.07 bits per heavy atom. The van der Waals surface area contributed by atoms with Gasteiger partial charge in [0.2, 0.25) is 5.91 Å². The number of aryl methyl sites for hydroxylation is 1. The molecule has 1 amide bonds. The van der Waals surface area contributed by atoms with Gasteiger partial charge in [0, 0.05) is 59.2 Å². The third kappa shape index (κ3) is 7.36.